The normalized spacial score (nSPS) is 27.5. The lowest BCUT2D eigenvalue weighted by atomic mass is 9.73. The molecular weight excluding hydrogens is 292 g/mol. The number of ether oxygens (including phenoxy) is 1. The molecule has 1 spiro atoms. The fourth-order valence-corrected chi connectivity index (χ4v) is 4.83. The minimum Gasteiger partial charge on any atom is -0.444 e. The van der Waals surface area contributed by atoms with E-state index in [9.17, 15) is 13.2 Å². The molecule has 2 rings (SSSR count). The molecule has 2 heterocycles. The quantitative estimate of drug-likeness (QED) is 0.791. The Morgan fingerprint density at radius 2 is 1.95 bits per heavy atom. The molecule has 7 heteroatoms. The molecule has 122 valence electrons. The van der Waals surface area contributed by atoms with Gasteiger partial charge in [0, 0.05) is 19.6 Å². The molecule has 2 N–H and O–H groups in total. The Labute approximate surface area is 126 Å². The van der Waals surface area contributed by atoms with E-state index >= 15 is 0 Å². The zero-order chi connectivity index (χ0) is 15.7. The largest absolute Gasteiger partial charge is 0.444 e. The average molecular weight is 318 g/mol. The Hall–Kier alpha value is -0.820. The van der Waals surface area contributed by atoms with Gasteiger partial charge in [0.2, 0.25) is 0 Å². The van der Waals surface area contributed by atoms with Gasteiger partial charge in [-0.1, -0.05) is 0 Å². The van der Waals surface area contributed by atoms with E-state index in [1.165, 1.54) is 0 Å². The molecule has 2 fully saturated rings. The summed E-state index contributed by atoms with van der Waals surface area (Å²) in [4.78, 5) is 11.7. The molecule has 0 bridgehead atoms. The highest BCUT2D eigenvalue weighted by molar-refractivity contribution is 7.91. The van der Waals surface area contributed by atoms with Gasteiger partial charge in [-0.3, -0.25) is 0 Å². The van der Waals surface area contributed by atoms with Crippen molar-refractivity contribution in [2.24, 2.45) is 11.3 Å². The van der Waals surface area contributed by atoms with Gasteiger partial charge in [0.15, 0.2) is 0 Å². The molecule has 0 saturated carbocycles. The second-order valence-corrected chi connectivity index (χ2v) is 9.53. The summed E-state index contributed by atoms with van der Waals surface area (Å²) in [6.07, 6.45) is 0.958. The summed E-state index contributed by atoms with van der Waals surface area (Å²) < 4.78 is 28.5. The summed E-state index contributed by atoms with van der Waals surface area (Å²) in [5.74, 6) is 0.787. The lowest BCUT2D eigenvalue weighted by Gasteiger charge is -2.38. The molecular formula is C14H26N2O4S. The molecule has 6 nitrogen and oxygen atoms in total. The fourth-order valence-electron chi connectivity index (χ4n) is 3.20. The first-order valence-corrected chi connectivity index (χ1v) is 9.32. The summed E-state index contributed by atoms with van der Waals surface area (Å²) in [7, 11) is -2.86. The van der Waals surface area contributed by atoms with E-state index in [1.807, 2.05) is 20.8 Å². The number of amides is 1. The Bertz CT molecular complexity index is 482. The van der Waals surface area contributed by atoms with Gasteiger partial charge >= 0.3 is 6.09 Å². The molecule has 0 aromatic carbocycles. The van der Waals surface area contributed by atoms with Gasteiger partial charge in [-0.25, -0.2) is 13.2 Å². The molecule has 2 saturated heterocycles. The van der Waals surface area contributed by atoms with E-state index in [0.717, 1.165) is 13.1 Å². The van der Waals surface area contributed by atoms with Crippen LogP contribution in [0.5, 0.6) is 0 Å². The SMILES string of the molecule is CC(C)(C)OC(=O)NCC1CNCC12CCS(=O)(=O)CC2. The Morgan fingerprint density at radius 3 is 2.52 bits per heavy atom. The zero-order valence-electron chi connectivity index (χ0n) is 13.1. The predicted molar refractivity (Wildman–Crippen MR) is 80.9 cm³/mol. The van der Waals surface area contributed by atoms with Crippen LogP contribution in [0.25, 0.3) is 0 Å². The maximum absolute atomic E-state index is 11.7. The monoisotopic (exact) mass is 318 g/mol. The van der Waals surface area contributed by atoms with Crippen LogP contribution in [0, 0.1) is 11.3 Å². The van der Waals surface area contributed by atoms with Crippen LogP contribution in [-0.4, -0.2) is 51.3 Å². The molecule has 0 aliphatic carbocycles. The van der Waals surface area contributed by atoms with Crippen molar-refractivity contribution in [1.29, 1.82) is 0 Å². The van der Waals surface area contributed by atoms with Crippen LogP contribution in [-0.2, 0) is 14.6 Å². The third-order valence-electron chi connectivity index (χ3n) is 4.45. The van der Waals surface area contributed by atoms with Crippen molar-refractivity contribution in [3.63, 3.8) is 0 Å². The highest BCUT2D eigenvalue weighted by atomic mass is 32.2. The summed E-state index contributed by atoms with van der Waals surface area (Å²) in [6.45, 7) is 7.67. The number of carbonyl (C=O) groups is 1. The van der Waals surface area contributed by atoms with Crippen LogP contribution >= 0.6 is 0 Å². The summed E-state index contributed by atoms with van der Waals surface area (Å²) in [5.41, 5.74) is -0.505. The Balaban J connectivity index is 1.90. The molecule has 0 radical (unpaired) electrons. The molecule has 1 unspecified atom stereocenters. The topological polar surface area (TPSA) is 84.5 Å². The number of hydrogen-bond donors (Lipinski definition) is 2. The Kier molecular flexibility index (Phi) is 4.54. The van der Waals surface area contributed by atoms with Gasteiger partial charge < -0.3 is 15.4 Å². The van der Waals surface area contributed by atoms with Crippen LogP contribution in [0.1, 0.15) is 33.6 Å². The third kappa shape index (κ3) is 4.32. The lowest BCUT2D eigenvalue weighted by molar-refractivity contribution is 0.0504. The minimum absolute atomic E-state index is 0.000330. The number of carbonyl (C=O) groups excluding carboxylic acids is 1. The van der Waals surface area contributed by atoms with Crippen molar-refractivity contribution >= 4 is 15.9 Å². The number of alkyl carbamates (subject to hydrolysis) is 1. The summed E-state index contributed by atoms with van der Waals surface area (Å²) in [6, 6.07) is 0. The second kappa shape index (κ2) is 5.76. The highest BCUT2D eigenvalue weighted by Gasteiger charge is 2.46. The molecule has 1 atom stereocenters. The van der Waals surface area contributed by atoms with E-state index < -0.39 is 21.5 Å². The van der Waals surface area contributed by atoms with Gasteiger partial charge in [0.1, 0.15) is 15.4 Å². The number of nitrogens with one attached hydrogen (secondary N) is 2. The van der Waals surface area contributed by atoms with E-state index in [-0.39, 0.29) is 22.8 Å². The minimum atomic E-state index is -2.86. The zero-order valence-corrected chi connectivity index (χ0v) is 13.9. The van der Waals surface area contributed by atoms with E-state index in [1.54, 1.807) is 0 Å². The maximum Gasteiger partial charge on any atom is 0.407 e. The van der Waals surface area contributed by atoms with Crippen LogP contribution in [0.3, 0.4) is 0 Å². The standard InChI is InChI=1S/C14H26N2O4S/c1-13(2,3)20-12(17)16-9-11-8-15-10-14(11)4-6-21(18,19)7-5-14/h11,15H,4-10H2,1-3H3,(H,16,17). The van der Waals surface area contributed by atoms with Gasteiger partial charge in [-0.15, -0.1) is 0 Å². The lowest BCUT2D eigenvalue weighted by Crippen LogP contribution is -2.44. The molecule has 21 heavy (non-hydrogen) atoms. The van der Waals surface area contributed by atoms with Crippen molar-refractivity contribution in [2.75, 3.05) is 31.1 Å². The van der Waals surface area contributed by atoms with Crippen LogP contribution < -0.4 is 10.6 Å². The molecule has 1 amide bonds. The maximum atomic E-state index is 11.7. The van der Waals surface area contributed by atoms with Crippen molar-refractivity contribution in [2.45, 2.75) is 39.2 Å². The first kappa shape index (κ1) is 16.5. The van der Waals surface area contributed by atoms with Crippen molar-refractivity contribution in [1.82, 2.24) is 10.6 Å². The number of sulfone groups is 1. The van der Waals surface area contributed by atoms with Crippen molar-refractivity contribution in [3.05, 3.63) is 0 Å². The van der Waals surface area contributed by atoms with Gasteiger partial charge in [-0.2, -0.15) is 0 Å². The van der Waals surface area contributed by atoms with E-state index in [2.05, 4.69) is 10.6 Å². The smallest absolute Gasteiger partial charge is 0.407 e. The number of hydrogen-bond acceptors (Lipinski definition) is 5. The summed E-state index contributed by atoms with van der Waals surface area (Å²) >= 11 is 0. The molecule has 0 aromatic rings. The molecule has 0 aromatic heterocycles. The first-order chi connectivity index (χ1) is 9.62. The second-order valence-electron chi connectivity index (χ2n) is 7.22. The van der Waals surface area contributed by atoms with Gasteiger partial charge in [-0.05, 0) is 44.9 Å². The predicted octanol–water partition coefficient (Wildman–Crippen LogP) is 0.926. The van der Waals surface area contributed by atoms with Gasteiger partial charge in [0.05, 0.1) is 11.5 Å². The number of rotatable bonds is 2. The van der Waals surface area contributed by atoms with Gasteiger partial charge in [0.25, 0.3) is 0 Å². The first-order valence-electron chi connectivity index (χ1n) is 7.50. The fraction of sp³-hybridized carbons (Fsp3) is 0.929. The van der Waals surface area contributed by atoms with E-state index in [0.29, 0.717) is 19.4 Å². The Morgan fingerprint density at radius 1 is 1.33 bits per heavy atom. The average Bonchev–Trinajstić information content (AvgIpc) is 2.72. The summed E-state index contributed by atoms with van der Waals surface area (Å²) in [5, 5.41) is 6.17. The molecule has 2 aliphatic rings. The molecule has 2 aliphatic heterocycles. The highest BCUT2D eigenvalue weighted by Crippen LogP contribution is 2.41. The van der Waals surface area contributed by atoms with Crippen LogP contribution in [0.15, 0.2) is 0 Å². The van der Waals surface area contributed by atoms with Crippen molar-refractivity contribution in [3.8, 4) is 0 Å². The third-order valence-corrected chi connectivity index (χ3v) is 6.10. The van der Waals surface area contributed by atoms with Crippen LogP contribution in [0.2, 0.25) is 0 Å². The van der Waals surface area contributed by atoms with Crippen molar-refractivity contribution < 1.29 is 17.9 Å². The van der Waals surface area contributed by atoms with Crippen LogP contribution in [0.4, 0.5) is 4.79 Å². The van der Waals surface area contributed by atoms with E-state index in [4.69, 9.17) is 4.74 Å².